The zero-order chi connectivity index (χ0) is 7.49. The summed E-state index contributed by atoms with van der Waals surface area (Å²) < 4.78 is 25.3. The van der Waals surface area contributed by atoms with Crippen LogP contribution in [0.4, 0.5) is 0 Å². The summed E-state index contributed by atoms with van der Waals surface area (Å²) in [5.41, 5.74) is 0. The standard InChI is InChI=1S/C2H5.CH3O3P.Co.O/c1-2;1-4-5(2)3;;/h1H2,2H3;1H3;;/q;;-1;/p+1. The molecule has 0 fully saturated rings. The minimum absolute atomic E-state index is 0.175. The Kier molecular flexibility index (Phi) is 3.76. The van der Waals surface area contributed by atoms with E-state index < -0.39 is 19.5 Å². The monoisotopic (exact) mass is 199 g/mol. The summed E-state index contributed by atoms with van der Waals surface area (Å²) in [4.78, 5) is 8.64. The molecule has 59 valence electrons. The predicted molar refractivity (Wildman–Crippen MR) is 28.0 cm³/mol. The van der Waals surface area contributed by atoms with Crippen molar-refractivity contribution < 1.29 is 31.0 Å². The van der Waals surface area contributed by atoms with Gasteiger partial charge in [-0.05, 0) is 0 Å². The van der Waals surface area contributed by atoms with Gasteiger partial charge in [0.2, 0.25) is 0 Å². The van der Waals surface area contributed by atoms with E-state index in [2.05, 4.69) is 4.52 Å². The molecule has 0 aliphatic rings. The van der Waals surface area contributed by atoms with Crippen LogP contribution in [0.2, 0.25) is 5.36 Å². The molecule has 0 bridgehead atoms. The SMILES string of the molecule is C[CH2][Co](=[O])[P](=O)(O)OC. The van der Waals surface area contributed by atoms with Crippen molar-refractivity contribution in [1.29, 1.82) is 0 Å². The van der Waals surface area contributed by atoms with E-state index in [4.69, 9.17) is 4.89 Å². The Labute approximate surface area is 57.3 Å². The molecule has 1 unspecified atom stereocenters. The summed E-state index contributed by atoms with van der Waals surface area (Å²) in [6.45, 7) is 1.57. The second kappa shape index (κ2) is 3.58. The van der Waals surface area contributed by atoms with Crippen LogP contribution in [0.3, 0.4) is 0 Å². The Morgan fingerprint density at radius 2 is 2.22 bits per heavy atom. The Bertz CT molecular complexity index is 156. The average molecular weight is 199 g/mol. The van der Waals surface area contributed by atoms with E-state index in [9.17, 15) is 8.43 Å². The molecule has 0 amide bonds. The van der Waals surface area contributed by atoms with E-state index >= 15 is 0 Å². The third kappa shape index (κ3) is 2.69. The molecule has 0 heterocycles. The first-order valence-corrected chi connectivity index (χ1v) is 6.19. The Balaban J connectivity index is 4.16. The van der Waals surface area contributed by atoms with Crippen LogP contribution in [0.1, 0.15) is 6.92 Å². The molecule has 0 saturated carbocycles. The Morgan fingerprint density at radius 1 is 1.78 bits per heavy atom. The summed E-state index contributed by atoms with van der Waals surface area (Å²) in [6.07, 6.45) is -3.76. The zero-order valence-electron chi connectivity index (χ0n) is 5.16. The quantitative estimate of drug-likeness (QED) is 0.692. The van der Waals surface area contributed by atoms with Gasteiger partial charge in [-0.2, -0.15) is 0 Å². The maximum absolute atomic E-state index is 10.6. The molecule has 0 aromatic rings. The van der Waals surface area contributed by atoms with Crippen LogP contribution in [0.25, 0.3) is 0 Å². The van der Waals surface area contributed by atoms with E-state index in [0.717, 1.165) is 7.11 Å². The average Bonchev–Trinajstić information content (AvgIpc) is 1.86. The van der Waals surface area contributed by atoms with Gasteiger partial charge in [0.25, 0.3) is 0 Å². The molecule has 0 radical (unpaired) electrons. The third-order valence-electron chi connectivity index (χ3n) is 0.629. The first kappa shape index (κ1) is 9.46. The molecular formula is C3H9CoO4P. The van der Waals surface area contributed by atoms with Gasteiger partial charge in [-0.3, -0.25) is 0 Å². The van der Waals surface area contributed by atoms with Gasteiger partial charge in [-0.1, -0.05) is 0 Å². The van der Waals surface area contributed by atoms with Gasteiger partial charge in [-0.25, -0.2) is 0 Å². The van der Waals surface area contributed by atoms with Gasteiger partial charge in [-0.15, -0.1) is 0 Å². The van der Waals surface area contributed by atoms with Crippen LogP contribution >= 0.6 is 6.33 Å². The molecule has 0 aromatic heterocycles. The van der Waals surface area contributed by atoms with Crippen molar-refractivity contribution in [2.24, 2.45) is 0 Å². The van der Waals surface area contributed by atoms with E-state index in [-0.39, 0.29) is 5.36 Å². The van der Waals surface area contributed by atoms with Crippen molar-refractivity contribution in [2.45, 2.75) is 12.3 Å². The van der Waals surface area contributed by atoms with Gasteiger partial charge in [0.05, 0.1) is 0 Å². The topological polar surface area (TPSA) is 63.6 Å². The number of rotatable bonds is 3. The molecule has 0 aromatic carbocycles. The summed E-state index contributed by atoms with van der Waals surface area (Å²) in [5.74, 6) is 0. The first-order chi connectivity index (χ1) is 4.04. The molecule has 4 nitrogen and oxygen atoms in total. The van der Waals surface area contributed by atoms with Crippen molar-refractivity contribution in [3.63, 3.8) is 0 Å². The minimum atomic E-state index is -3.76. The fraction of sp³-hybridized carbons (Fsp3) is 1.00. The van der Waals surface area contributed by atoms with E-state index in [1.807, 2.05) is 0 Å². The zero-order valence-corrected chi connectivity index (χ0v) is 7.10. The van der Waals surface area contributed by atoms with Gasteiger partial charge in [0.15, 0.2) is 0 Å². The van der Waals surface area contributed by atoms with Gasteiger partial charge >= 0.3 is 56.7 Å². The molecule has 1 N–H and O–H groups in total. The maximum atomic E-state index is 10.6. The number of hydrogen-bond donors (Lipinski definition) is 1. The normalized spacial score (nSPS) is 18.8. The fourth-order valence-electron chi connectivity index (χ4n) is 0.201. The van der Waals surface area contributed by atoms with E-state index in [0.29, 0.717) is 0 Å². The van der Waals surface area contributed by atoms with Crippen molar-refractivity contribution >= 4 is 6.33 Å². The van der Waals surface area contributed by atoms with Crippen molar-refractivity contribution in [3.8, 4) is 0 Å². The predicted octanol–water partition coefficient (Wildman–Crippen LogP) is 1.14. The third-order valence-corrected chi connectivity index (χ3v) is 5.52. The molecule has 0 aliphatic heterocycles. The molecule has 9 heavy (non-hydrogen) atoms. The summed E-state index contributed by atoms with van der Waals surface area (Å²) >= 11 is -2.06. The molecule has 0 aliphatic carbocycles. The summed E-state index contributed by atoms with van der Waals surface area (Å²) in [7, 11) is 1.07. The molecule has 0 saturated heterocycles. The van der Waals surface area contributed by atoms with E-state index in [1.54, 1.807) is 6.92 Å². The summed E-state index contributed by atoms with van der Waals surface area (Å²) in [6, 6.07) is 0. The second-order valence-corrected chi connectivity index (χ2v) is 7.02. The molecule has 1 atom stereocenters. The van der Waals surface area contributed by atoms with Crippen LogP contribution in [-0.4, -0.2) is 12.0 Å². The van der Waals surface area contributed by atoms with Gasteiger partial charge in [0, 0.05) is 0 Å². The van der Waals surface area contributed by atoms with Crippen LogP contribution in [0, 0.1) is 0 Å². The number of hydrogen-bond acceptors (Lipinski definition) is 3. The van der Waals surface area contributed by atoms with Crippen LogP contribution in [0.5, 0.6) is 0 Å². The molecular weight excluding hydrogens is 190 g/mol. The van der Waals surface area contributed by atoms with E-state index in [1.165, 1.54) is 0 Å². The van der Waals surface area contributed by atoms with Crippen LogP contribution in [-0.2, 0) is 26.1 Å². The van der Waals surface area contributed by atoms with Gasteiger partial charge in [0.1, 0.15) is 0 Å². The van der Waals surface area contributed by atoms with Crippen molar-refractivity contribution in [3.05, 3.63) is 0 Å². The Morgan fingerprint density at radius 3 is 2.33 bits per heavy atom. The second-order valence-electron chi connectivity index (χ2n) is 1.11. The van der Waals surface area contributed by atoms with Crippen molar-refractivity contribution in [2.75, 3.05) is 7.11 Å². The fourth-order valence-corrected chi connectivity index (χ4v) is 2.49. The van der Waals surface area contributed by atoms with Crippen molar-refractivity contribution in [1.82, 2.24) is 0 Å². The van der Waals surface area contributed by atoms with Gasteiger partial charge < -0.3 is 0 Å². The Hall–Kier alpha value is 0.456. The van der Waals surface area contributed by atoms with Crippen LogP contribution in [0.15, 0.2) is 0 Å². The molecule has 0 spiro atoms. The van der Waals surface area contributed by atoms with Crippen LogP contribution < -0.4 is 0 Å². The summed E-state index contributed by atoms with van der Waals surface area (Å²) in [5, 5.41) is 0.175. The molecule has 6 heteroatoms. The molecule has 0 rings (SSSR count). The first-order valence-electron chi connectivity index (χ1n) is 2.20.